The standard InChI is InChI=1S/C57H102O5/c1-4-7-10-13-16-19-22-25-27-28-29-31-34-37-40-43-46-49-52-60-53-55(62-57(59)51-48-45-42-39-36-32-24-21-18-15-12-9-6-3)54-61-56(58)50-47-44-41-38-35-33-30-26-23-20-17-14-11-8-5-2/h7,10,16-17,19-20,25-27,30,55H,4-6,8-9,11-15,18,21-24,28-29,31-54H2,1-3H3/b10-7-,19-16-,20-17-,27-25-,30-26-. The van der Waals surface area contributed by atoms with Gasteiger partial charge in [0.15, 0.2) is 6.10 Å². The molecule has 1 unspecified atom stereocenters. The Hall–Kier alpha value is -2.40. The molecule has 0 saturated heterocycles. The predicted molar refractivity (Wildman–Crippen MR) is 270 cm³/mol. The summed E-state index contributed by atoms with van der Waals surface area (Å²) in [6.45, 7) is 7.69. The Bertz CT molecular complexity index is 1070. The van der Waals surface area contributed by atoms with Crippen LogP contribution in [0.4, 0.5) is 0 Å². The lowest BCUT2D eigenvalue weighted by Crippen LogP contribution is -2.30. The first-order valence-corrected chi connectivity index (χ1v) is 26.8. The zero-order valence-electron chi connectivity index (χ0n) is 41.4. The molecule has 0 N–H and O–H groups in total. The Labute approximate surface area is 385 Å². The number of hydrogen-bond acceptors (Lipinski definition) is 5. The summed E-state index contributed by atoms with van der Waals surface area (Å²) < 4.78 is 17.4. The van der Waals surface area contributed by atoms with Gasteiger partial charge in [-0.2, -0.15) is 0 Å². The fraction of sp³-hybridized carbons (Fsp3) is 0.789. The lowest BCUT2D eigenvalue weighted by atomic mass is 10.0. The van der Waals surface area contributed by atoms with Crippen LogP contribution in [0.1, 0.15) is 265 Å². The number of allylic oxidation sites excluding steroid dienone is 10. The smallest absolute Gasteiger partial charge is 0.306 e. The number of hydrogen-bond donors (Lipinski definition) is 0. The van der Waals surface area contributed by atoms with E-state index >= 15 is 0 Å². The van der Waals surface area contributed by atoms with E-state index in [4.69, 9.17) is 14.2 Å². The summed E-state index contributed by atoms with van der Waals surface area (Å²) in [5.74, 6) is -0.408. The Morgan fingerprint density at radius 3 is 1.19 bits per heavy atom. The molecule has 0 rings (SSSR count). The van der Waals surface area contributed by atoms with Crippen molar-refractivity contribution in [3.8, 4) is 0 Å². The lowest BCUT2D eigenvalue weighted by Gasteiger charge is -2.18. The molecule has 0 spiro atoms. The first-order valence-electron chi connectivity index (χ1n) is 26.8. The van der Waals surface area contributed by atoms with E-state index in [0.717, 1.165) is 77.0 Å². The molecule has 360 valence electrons. The minimum absolute atomic E-state index is 0.0766. The number of rotatable bonds is 49. The van der Waals surface area contributed by atoms with Crippen molar-refractivity contribution in [1.29, 1.82) is 0 Å². The highest BCUT2D eigenvalue weighted by molar-refractivity contribution is 5.70. The third kappa shape index (κ3) is 50.2. The fourth-order valence-electron chi connectivity index (χ4n) is 7.56. The molecule has 1 atom stereocenters. The van der Waals surface area contributed by atoms with E-state index in [0.29, 0.717) is 19.4 Å². The molecule has 0 aromatic heterocycles. The van der Waals surface area contributed by atoms with Gasteiger partial charge in [-0.1, -0.05) is 229 Å². The van der Waals surface area contributed by atoms with Gasteiger partial charge in [0.2, 0.25) is 0 Å². The van der Waals surface area contributed by atoms with E-state index in [9.17, 15) is 9.59 Å². The first kappa shape index (κ1) is 59.6. The van der Waals surface area contributed by atoms with E-state index in [2.05, 4.69) is 81.5 Å². The Balaban J connectivity index is 4.27. The van der Waals surface area contributed by atoms with Crippen LogP contribution in [0.15, 0.2) is 60.8 Å². The average Bonchev–Trinajstić information content (AvgIpc) is 3.27. The van der Waals surface area contributed by atoms with E-state index in [1.165, 1.54) is 154 Å². The molecule has 0 aromatic carbocycles. The number of unbranched alkanes of at least 4 members (excludes halogenated alkanes) is 28. The minimum atomic E-state index is -0.544. The summed E-state index contributed by atoms with van der Waals surface area (Å²) in [5.41, 5.74) is 0. The molecule has 0 aromatic rings. The van der Waals surface area contributed by atoms with E-state index in [1.54, 1.807) is 0 Å². The maximum atomic E-state index is 12.8. The zero-order valence-corrected chi connectivity index (χ0v) is 41.4. The van der Waals surface area contributed by atoms with Crippen LogP contribution in [0.3, 0.4) is 0 Å². The molecular weight excluding hydrogens is 765 g/mol. The van der Waals surface area contributed by atoms with Crippen molar-refractivity contribution in [2.75, 3.05) is 19.8 Å². The second-order valence-electron chi connectivity index (χ2n) is 17.8. The minimum Gasteiger partial charge on any atom is -0.462 e. The van der Waals surface area contributed by atoms with Gasteiger partial charge in [0.05, 0.1) is 6.61 Å². The molecule has 0 aliphatic carbocycles. The van der Waals surface area contributed by atoms with Crippen LogP contribution in [0.2, 0.25) is 0 Å². The van der Waals surface area contributed by atoms with Gasteiger partial charge >= 0.3 is 11.9 Å². The third-order valence-corrected chi connectivity index (χ3v) is 11.5. The predicted octanol–water partition coefficient (Wildman–Crippen LogP) is 18.1. The van der Waals surface area contributed by atoms with Crippen molar-refractivity contribution in [2.45, 2.75) is 271 Å². The van der Waals surface area contributed by atoms with E-state index < -0.39 is 6.10 Å². The second kappa shape index (κ2) is 52.9. The lowest BCUT2D eigenvalue weighted by molar-refractivity contribution is -0.163. The summed E-state index contributed by atoms with van der Waals surface area (Å²) >= 11 is 0. The van der Waals surface area contributed by atoms with Gasteiger partial charge < -0.3 is 14.2 Å². The first-order chi connectivity index (χ1) is 30.6. The number of esters is 2. The van der Waals surface area contributed by atoms with Crippen LogP contribution in [-0.2, 0) is 23.8 Å². The molecule has 0 aliphatic rings. The molecule has 62 heavy (non-hydrogen) atoms. The monoisotopic (exact) mass is 867 g/mol. The van der Waals surface area contributed by atoms with Crippen LogP contribution in [0.25, 0.3) is 0 Å². The number of carbonyl (C=O) groups excluding carboxylic acids is 2. The van der Waals surface area contributed by atoms with Crippen LogP contribution in [0.5, 0.6) is 0 Å². The molecule has 0 amide bonds. The molecule has 0 aliphatic heterocycles. The van der Waals surface area contributed by atoms with Gasteiger partial charge in [-0.15, -0.1) is 0 Å². The van der Waals surface area contributed by atoms with Gasteiger partial charge in [0, 0.05) is 19.4 Å². The van der Waals surface area contributed by atoms with Gasteiger partial charge in [0.25, 0.3) is 0 Å². The highest BCUT2D eigenvalue weighted by atomic mass is 16.6. The summed E-state index contributed by atoms with van der Waals surface area (Å²) in [6.07, 6.45) is 66.5. The maximum Gasteiger partial charge on any atom is 0.306 e. The summed E-state index contributed by atoms with van der Waals surface area (Å²) in [5, 5.41) is 0. The molecular formula is C57H102O5. The van der Waals surface area contributed by atoms with Gasteiger partial charge in [0.1, 0.15) is 6.61 Å². The number of carbonyl (C=O) groups is 2. The molecule has 0 heterocycles. The normalized spacial score (nSPS) is 12.6. The molecule has 0 saturated carbocycles. The SMILES string of the molecule is CC/C=C\C/C=C\C/C=C\CCCCCCCCCCOCC(COC(=O)CCCCCCC/C=C\C/C=C\CCCCC)OC(=O)CCCCCCCCCCCCCCC. The van der Waals surface area contributed by atoms with E-state index in [-0.39, 0.29) is 25.2 Å². The van der Waals surface area contributed by atoms with E-state index in [1.807, 2.05) is 0 Å². The molecule has 5 nitrogen and oxygen atoms in total. The maximum absolute atomic E-state index is 12.8. The fourth-order valence-corrected chi connectivity index (χ4v) is 7.56. The Morgan fingerprint density at radius 1 is 0.371 bits per heavy atom. The van der Waals surface area contributed by atoms with Crippen LogP contribution >= 0.6 is 0 Å². The topological polar surface area (TPSA) is 61.8 Å². The van der Waals surface area contributed by atoms with Gasteiger partial charge in [-0.25, -0.2) is 0 Å². The van der Waals surface area contributed by atoms with Crippen molar-refractivity contribution in [3.63, 3.8) is 0 Å². The van der Waals surface area contributed by atoms with Crippen molar-refractivity contribution in [3.05, 3.63) is 60.8 Å². The van der Waals surface area contributed by atoms with Crippen molar-refractivity contribution >= 4 is 11.9 Å². The van der Waals surface area contributed by atoms with Crippen LogP contribution in [-0.4, -0.2) is 37.9 Å². The average molecular weight is 867 g/mol. The third-order valence-electron chi connectivity index (χ3n) is 11.5. The molecule has 0 radical (unpaired) electrons. The van der Waals surface area contributed by atoms with Crippen LogP contribution < -0.4 is 0 Å². The molecule has 0 fully saturated rings. The van der Waals surface area contributed by atoms with Gasteiger partial charge in [-0.05, 0) is 83.5 Å². The Kier molecular flexibility index (Phi) is 50.9. The zero-order chi connectivity index (χ0) is 44.9. The van der Waals surface area contributed by atoms with Crippen molar-refractivity contribution in [2.24, 2.45) is 0 Å². The second-order valence-corrected chi connectivity index (χ2v) is 17.8. The van der Waals surface area contributed by atoms with Crippen molar-refractivity contribution in [1.82, 2.24) is 0 Å². The largest absolute Gasteiger partial charge is 0.462 e. The Morgan fingerprint density at radius 2 is 0.726 bits per heavy atom. The summed E-state index contributed by atoms with van der Waals surface area (Å²) in [7, 11) is 0. The van der Waals surface area contributed by atoms with Gasteiger partial charge in [-0.3, -0.25) is 9.59 Å². The summed E-state index contributed by atoms with van der Waals surface area (Å²) in [4.78, 5) is 25.4. The molecule has 0 bridgehead atoms. The van der Waals surface area contributed by atoms with Crippen molar-refractivity contribution < 1.29 is 23.8 Å². The highest BCUT2D eigenvalue weighted by Crippen LogP contribution is 2.15. The molecule has 5 heteroatoms. The van der Waals surface area contributed by atoms with Crippen LogP contribution in [0, 0.1) is 0 Å². The quantitative estimate of drug-likeness (QED) is 0.0346. The summed E-state index contributed by atoms with van der Waals surface area (Å²) in [6, 6.07) is 0. The number of ether oxygens (including phenoxy) is 3. The highest BCUT2D eigenvalue weighted by Gasteiger charge is 2.17.